The minimum atomic E-state index is -3.38. The zero-order chi connectivity index (χ0) is 16.3. The molecule has 0 radical (unpaired) electrons. The quantitative estimate of drug-likeness (QED) is 0.840. The first-order valence-corrected chi connectivity index (χ1v) is 10.5. The highest BCUT2D eigenvalue weighted by Crippen LogP contribution is 2.19. The van der Waals surface area contributed by atoms with Crippen molar-refractivity contribution in [2.24, 2.45) is 0 Å². The van der Waals surface area contributed by atoms with E-state index in [0.29, 0.717) is 23.0 Å². The maximum atomic E-state index is 12.7. The lowest BCUT2D eigenvalue weighted by atomic mass is 10.1. The third kappa shape index (κ3) is 4.08. The van der Waals surface area contributed by atoms with Crippen molar-refractivity contribution in [1.82, 2.24) is 4.31 Å². The standard InChI is InChI=1S/C17H25ClN2O2S/c18-15-7-9-17(10-8-15)23(21,22)20-13-11-19(12-14-20)16-5-3-1-2-4-6-16/h7-10,16H,1-6,11-14H2/p+1. The molecule has 0 bridgehead atoms. The molecule has 4 nitrogen and oxygen atoms in total. The molecule has 1 saturated carbocycles. The fourth-order valence-corrected chi connectivity index (χ4v) is 5.43. The van der Waals surface area contributed by atoms with Crippen molar-refractivity contribution in [3.05, 3.63) is 29.3 Å². The Morgan fingerprint density at radius 3 is 2.09 bits per heavy atom. The maximum Gasteiger partial charge on any atom is 0.243 e. The van der Waals surface area contributed by atoms with Crippen molar-refractivity contribution in [1.29, 1.82) is 0 Å². The summed E-state index contributed by atoms with van der Waals surface area (Å²) in [7, 11) is -3.38. The summed E-state index contributed by atoms with van der Waals surface area (Å²) < 4.78 is 27.1. The number of halogens is 1. The predicted octanol–water partition coefficient (Wildman–Crippen LogP) is 1.95. The molecule has 0 atom stereocenters. The van der Waals surface area contributed by atoms with E-state index in [4.69, 9.17) is 11.6 Å². The van der Waals surface area contributed by atoms with Crippen LogP contribution in [0.25, 0.3) is 0 Å². The van der Waals surface area contributed by atoms with Gasteiger partial charge in [-0.1, -0.05) is 24.4 Å². The lowest BCUT2D eigenvalue weighted by Gasteiger charge is -2.35. The van der Waals surface area contributed by atoms with Gasteiger partial charge in [0.2, 0.25) is 10.0 Å². The number of quaternary nitrogens is 1. The molecule has 1 N–H and O–H groups in total. The highest BCUT2D eigenvalue weighted by Gasteiger charge is 2.33. The number of sulfonamides is 1. The van der Waals surface area contributed by atoms with E-state index in [1.807, 2.05) is 0 Å². The third-order valence-corrected chi connectivity index (χ3v) is 7.41. The van der Waals surface area contributed by atoms with Gasteiger partial charge in [-0.05, 0) is 49.9 Å². The summed E-state index contributed by atoms with van der Waals surface area (Å²) in [5, 5.41) is 0.562. The average molecular weight is 358 g/mol. The second kappa shape index (κ2) is 7.51. The number of piperazine rings is 1. The monoisotopic (exact) mass is 357 g/mol. The average Bonchev–Trinajstić information content (AvgIpc) is 2.85. The van der Waals surface area contributed by atoms with Crippen LogP contribution >= 0.6 is 11.6 Å². The largest absolute Gasteiger partial charge is 0.330 e. The molecule has 6 heteroatoms. The van der Waals surface area contributed by atoms with Crippen LogP contribution in [0.4, 0.5) is 0 Å². The van der Waals surface area contributed by atoms with Gasteiger partial charge in [-0.25, -0.2) is 8.42 Å². The van der Waals surface area contributed by atoms with E-state index < -0.39 is 10.0 Å². The Hall–Kier alpha value is -0.620. The Kier molecular flexibility index (Phi) is 5.62. The van der Waals surface area contributed by atoms with Gasteiger partial charge in [-0.2, -0.15) is 4.31 Å². The summed E-state index contributed by atoms with van der Waals surface area (Å²) in [4.78, 5) is 1.95. The molecule has 1 aromatic carbocycles. The van der Waals surface area contributed by atoms with E-state index in [9.17, 15) is 8.42 Å². The summed E-state index contributed by atoms with van der Waals surface area (Å²) in [5.74, 6) is 0. The van der Waals surface area contributed by atoms with Gasteiger partial charge in [0.25, 0.3) is 0 Å². The van der Waals surface area contributed by atoms with Crippen molar-refractivity contribution in [2.75, 3.05) is 26.2 Å². The molecular formula is C17H26ClN2O2S+. The van der Waals surface area contributed by atoms with Gasteiger partial charge in [0.1, 0.15) is 0 Å². The Balaban J connectivity index is 1.62. The lowest BCUT2D eigenvalue weighted by Crippen LogP contribution is -3.18. The van der Waals surface area contributed by atoms with E-state index in [0.717, 1.165) is 19.1 Å². The Morgan fingerprint density at radius 1 is 0.957 bits per heavy atom. The third-order valence-electron chi connectivity index (χ3n) is 5.25. The first-order valence-electron chi connectivity index (χ1n) is 8.68. The van der Waals surface area contributed by atoms with E-state index in [1.165, 1.54) is 38.5 Å². The van der Waals surface area contributed by atoms with Crippen LogP contribution in [0, 0.1) is 0 Å². The van der Waals surface area contributed by atoms with Gasteiger partial charge in [0.05, 0.1) is 37.1 Å². The first kappa shape index (κ1) is 17.2. The minimum Gasteiger partial charge on any atom is -0.330 e. The Morgan fingerprint density at radius 2 is 1.52 bits per heavy atom. The Labute approximate surface area is 144 Å². The molecule has 128 valence electrons. The van der Waals surface area contributed by atoms with Crippen LogP contribution in [-0.4, -0.2) is 44.9 Å². The molecule has 1 heterocycles. The van der Waals surface area contributed by atoms with Crippen LogP contribution < -0.4 is 4.90 Å². The summed E-state index contributed by atoms with van der Waals surface area (Å²) >= 11 is 5.85. The molecule has 2 aliphatic rings. The number of nitrogens with one attached hydrogen (secondary N) is 1. The maximum absolute atomic E-state index is 12.7. The molecule has 1 saturated heterocycles. The zero-order valence-corrected chi connectivity index (χ0v) is 15.1. The van der Waals surface area contributed by atoms with Crippen LogP contribution in [0.5, 0.6) is 0 Å². The van der Waals surface area contributed by atoms with Gasteiger partial charge in [-0.15, -0.1) is 0 Å². The number of hydrogen-bond donors (Lipinski definition) is 1. The van der Waals surface area contributed by atoms with Crippen molar-refractivity contribution < 1.29 is 13.3 Å². The molecule has 3 rings (SSSR count). The molecule has 1 aliphatic carbocycles. The second-order valence-electron chi connectivity index (χ2n) is 6.70. The normalized spacial score (nSPS) is 22.8. The number of hydrogen-bond acceptors (Lipinski definition) is 2. The van der Waals surface area contributed by atoms with Gasteiger partial charge >= 0.3 is 0 Å². The lowest BCUT2D eigenvalue weighted by molar-refractivity contribution is -0.929. The molecule has 0 spiro atoms. The molecule has 1 aliphatic heterocycles. The highest BCUT2D eigenvalue weighted by molar-refractivity contribution is 7.89. The van der Waals surface area contributed by atoms with E-state index >= 15 is 0 Å². The van der Waals surface area contributed by atoms with Crippen LogP contribution in [0.2, 0.25) is 5.02 Å². The predicted molar refractivity (Wildman–Crippen MR) is 92.4 cm³/mol. The van der Waals surface area contributed by atoms with Gasteiger partial charge < -0.3 is 4.90 Å². The van der Waals surface area contributed by atoms with Crippen LogP contribution in [-0.2, 0) is 10.0 Å². The number of rotatable bonds is 3. The number of nitrogens with zero attached hydrogens (tertiary/aromatic N) is 1. The molecule has 2 fully saturated rings. The fourth-order valence-electron chi connectivity index (χ4n) is 3.87. The minimum absolute atomic E-state index is 0.347. The summed E-state index contributed by atoms with van der Waals surface area (Å²) in [6.07, 6.45) is 8.00. The smallest absolute Gasteiger partial charge is 0.243 e. The molecule has 0 amide bonds. The highest BCUT2D eigenvalue weighted by atomic mass is 35.5. The molecule has 0 aromatic heterocycles. The van der Waals surface area contributed by atoms with Crippen LogP contribution in [0.1, 0.15) is 38.5 Å². The second-order valence-corrected chi connectivity index (χ2v) is 9.08. The molecule has 1 aromatic rings. The first-order chi connectivity index (χ1) is 11.1. The molecule has 0 unspecified atom stereocenters. The van der Waals surface area contributed by atoms with E-state index in [-0.39, 0.29) is 0 Å². The summed E-state index contributed by atoms with van der Waals surface area (Å²) in [5.41, 5.74) is 0. The van der Waals surface area contributed by atoms with Crippen LogP contribution in [0.3, 0.4) is 0 Å². The van der Waals surface area contributed by atoms with Crippen molar-refractivity contribution in [3.8, 4) is 0 Å². The van der Waals surface area contributed by atoms with Gasteiger partial charge in [0.15, 0.2) is 0 Å². The summed E-state index contributed by atoms with van der Waals surface area (Å²) in [6, 6.07) is 7.21. The van der Waals surface area contributed by atoms with Gasteiger partial charge in [-0.3, -0.25) is 0 Å². The summed E-state index contributed by atoms with van der Waals surface area (Å²) in [6.45, 7) is 3.10. The topological polar surface area (TPSA) is 41.8 Å². The fraction of sp³-hybridized carbons (Fsp3) is 0.647. The number of benzene rings is 1. The Bertz CT molecular complexity index is 602. The zero-order valence-electron chi connectivity index (χ0n) is 13.5. The van der Waals surface area contributed by atoms with E-state index in [2.05, 4.69) is 0 Å². The molecular weight excluding hydrogens is 332 g/mol. The van der Waals surface area contributed by atoms with Crippen molar-refractivity contribution in [3.63, 3.8) is 0 Å². The van der Waals surface area contributed by atoms with Crippen molar-refractivity contribution >= 4 is 21.6 Å². The van der Waals surface area contributed by atoms with Crippen molar-refractivity contribution in [2.45, 2.75) is 49.5 Å². The van der Waals surface area contributed by atoms with E-state index in [1.54, 1.807) is 33.5 Å². The van der Waals surface area contributed by atoms with Crippen LogP contribution in [0.15, 0.2) is 29.2 Å². The molecule has 23 heavy (non-hydrogen) atoms. The van der Waals surface area contributed by atoms with Gasteiger partial charge in [0, 0.05) is 5.02 Å². The SMILES string of the molecule is O=S(=O)(c1ccc(Cl)cc1)N1CC[NH+](C2CCCCCC2)CC1.